The van der Waals surface area contributed by atoms with Crippen molar-refractivity contribution in [1.29, 1.82) is 0 Å². The van der Waals surface area contributed by atoms with E-state index in [9.17, 15) is 0 Å². The fraction of sp³-hybridized carbons (Fsp3) is 0.294. The monoisotopic (exact) mass is 294 g/mol. The second-order valence-corrected chi connectivity index (χ2v) is 5.53. The Balaban J connectivity index is 1.52. The molecule has 3 aromatic rings. The van der Waals surface area contributed by atoms with Gasteiger partial charge >= 0.3 is 0 Å². The molecule has 1 N–H and O–H groups in total. The van der Waals surface area contributed by atoms with Gasteiger partial charge in [-0.05, 0) is 17.7 Å². The molecular formula is C17H18N4O. The van der Waals surface area contributed by atoms with E-state index in [4.69, 9.17) is 4.74 Å². The molecule has 0 saturated carbocycles. The second kappa shape index (κ2) is 5.87. The van der Waals surface area contributed by atoms with E-state index in [2.05, 4.69) is 44.1 Å². The molecule has 1 atom stereocenters. The molecular weight excluding hydrogens is 276 g/mol. The summed E-state index contributed by atoms with van der Waals surface area (Å²) in [4.78, 5) is 9.11. The zero-order valence-corrected chi connectivity index (χ0v) is 12.3. The van der Waals surface area contributed by atoms with Gasteiger partial charge in [0, 0.05) is 19.3 Å². The molecule has 3 heterocycles. The lowest BCUT2D eigenvalue weighted by Gasteiger charge is -2.26. The predicted octanol–water partition coefficient (Wildman–Crippen LogP) is 2.29. The number of imidazole rings is 1. The van der Waals surface area contributed by atoms with Crippen LogP contribution in [0.5, 0.6) is 0 Å². The lowest BCUT2D eigenvalue weighted by Crippen LogP contribution is -2.32. The third-order valence-electron chi connectivity index (χ3n) is 3.98. The Hall–Kier alpha value is -2.24. The highest BCUT2D eigenvalue weighted by atomic mass is 16.5. The summed E-state index contributed by atoms with van der Waals surface area (Å²) in [5.41, 5.74) is 3.18. The first-order valence-corrected chi connectivity index (χ1v) is 7.56. The molecule has 0 bridgehead atoms. The number of rotatable bonds is 4. The second-order valence-electron chi connectivity index (χ2n) is 5.53. The standard InChI is InChI=1S/C17H18N4O/c1-2-5-13(6-3-1)9-18-10-14-11-22-12-16-20-15-7-4-8-19-17(15)21(14)16/h1-8,14,18H,9-12H2/t14-/m0/s1. The molecule has 0 radical (unpaired) electrons. The zero-order chi connectivity index (χ0) is 14.8. The lowest BCUT2D eigenvalue weighted by molar-refractivity contribution is 0.0561. The summed E-state index contributed by atoms with van der Waals surface area (Å²) in [5, 5.41) is 3.51. The van der Waals surface area contributed by atoms with E-state index in [0.717, 1.165) is 30.1 Å². The van der Waals surface area contributed by atoms with Crippen molar-refractivity contribution < 1.29 is 4.74 Å². The highest BCUT2D eigenvalue weighted by Crippen LogP contribution is 2.24. The smallest absolute Gasteiger partial charge is 0.160 e. The number of pyridine rings is 1. The molecule has 22 heavy (non-hydrogen) atoms. The first-order valence-electron chi connectivity index (χ1n) is 7.56. The summed E-state index contributed by atoms with van der Waals surface area (Å²) in [6.07, 6.45) is 1.82. The number of benzene rings is 1. The molecule has 0 saturated heterocycles. The van der Waals surface area contributed by atoms with Crippen LogP contribution in [0.15, 0.2) is 48.7 Å². The first-order chi connectivity index (χ1) is 10.9. The van der Waals surface area contributed by atoms with Crippen LogP contribution < -0.4 is 5.32 Å². The van der Waals surface area contributed by atoms with Crippen LogP contribution in [0.1, 0.15) is 17.4 Å². The van der Waals surface area contributed by atoms with Crippen LogP contribution >= 0.6 is 0 Å². The van der Waals surface area contributed by atoms with Gasteiger partial charge in [-0.15, -0.1) is 0 Å². The Morgan fingerprint density at radius 1 is 1.18 bits per heavy atom. The van der Waals surface area contributed by atoms with Gasteiger partial charge in [-0.1, -0.05) is 30.3 Å². The number of nitrogens with zero attached hydrogens (tertiary/aromatic N) is 3. The van der Waals surface area contributed by atoms with Crippen molar-refractivity contribution in [2.24, 2.45) is 0 Å². The molecule has 5 nitrogen and oxygen atoms in total. The summed E-state index contributed by atoms with van der Waals surface area (Å²) in [6.45, 7) is 2.94. The highest BCUT2D eigenvalue weighted by Gasteiger charge is 2.24. The minimum absolute atomic E-state index is 0.229. The van der Waals surface area contributed by atoms with Gasteiger partial charge in [-0.25, -0.2) is 9.97 Å². The molecule has 0 amide bonds. The molecule has 5 heteroatoms. The van der Waals surface area contributed by atoms with E-state index in [0.29, 0.717) is 13.2 Å². The Morgan fingerprint density at radius 2 is 2.09 bits per heavy atom. The van der Waals surface area contributed by atoms with E-state index in [-0.39, 0.29) is 6.04 Å². The molecule has 0 fully saturated rings. The van der Waals surface area contributed by atoms with Crippen molar-refractivity contribution in [3.8, 4) is 0 Å². The van der Waals surface area contributed by atoms with Crippen molar-refractivity contribution in [1.82, 2.24) is 19.9 Å². The third-order valence-corrected chi connectivity index (χ3v) is 3.98. The van der Waals surface area contributed by atoms with Crippen molar-refractivity contribution in [3.63, 3.8) is 0 Å². The average molecular weight is 294 g/mol. The Labute approximate surface area is 129 Å². The van der Waals surface area contributed by atoms with Gasteiger partial charge in [0.2, 0.25) is 0 Å². The molecule has 2 aromatic heterocycles. The lowest BCUT2D eigenvalue weighted by atomic mass is 10.2. The molecule has 4 rings (SSSR count). The Bertz CT molecular complexity index is 769. The van der Waals surface area contributed by atoms with Crippen LogP contribution in [0.2, 0.25) is 0 Å². The minimum Gasteiger partial charge on any atom is -0.371 e. The molecule has 0 unspecified atom stereocenters. The van der Waals surface area contributed by atoms with E-state index in [1.165, 1.54) is 5.56 Å². The van der Waals surface area contributed by atoms with E-state index in [1.807, 2.05) is 24.4 Å². The van der Waals surface area contributed by atoms with Crippen molar-refractivity contribution in [2.45, 2.75) is 19.2 Å². The maximum atomic E-state index is 5.69. The number of hydrogen-bond acceptors (Lipinski definition) is 4. The molecule has 0 aliphatic carbocycles. The molecule has 1 aromatic carbocycles. The van der Waals surface area contributed by atoms with Gasteiger partial charge in [-0.3, -0.25) is 0 Å². The average Bonchev–Trinajstić information content (AvgIpc) is 2.95. The number of ether oxygens (including phenoxy) is 1. The quantitative estimate of drug-likeness (QED) is 0.802. The number of nitrogens with one attached hydrogen (secondary N) is 1. The highest BCUT2D eigenvalue weighted by molar-refractivity contribution is 5.71. The van der Waals surface area contributed by atoms with Gasteiger partial charge in [0.05, 0.1) is 12.6 Å². The van der Waals surface area contributed by atoms with Gasteiger partial charge in [0.1, 0.15) is 17.9 Å². The molecule has 1 aliphatic rings. The van der Waals surface area contributed by atoms with Crippen molar-refractivity contribution in [2.75, 3.05) is 13.2 Å². The fourth-order valence-electron chi connectivity index (χ4n) is 2.95. The minimum atomic E-state index is 0.229. The summed E-state index contributed by atoms with van der Waals surface area (Å²) in [7, 11) is 0. The molecule has 112 valence electrons. The number of aromatic nitrogens is 3. The first kappa shape index (κ1) is 13.4. The van der Waals surface area contributed by atoms with E-state index < -0.39 is 0 Å². The zero-order valence-electron chi connectivity index (χ0n) is 12.3. The van der Waals surface area contributed by atoms with Crippen LogP contribution in [-0.4, -0.2) is 27.7 Å². The van der Waals surface area contributed by atoms with Crippen molar-refractivity contribution >= 4 is 11.2 Å². The third kappa shape index (κ3) is 2.49. The maximum absolute atomic E-state index is 5.69. The predicted molar refractivity (Wildman–Crippen MR) is 84.4 cm³/mol. The van der Waals surface area contributed by atoms with Crippen LogP contribution in [0.4, 0.5) is 0 Å². The molecule has 0 spiro atoms. The fourth-order valence-corrected chi connectivity index (χ4v) is 2.95. The Kier molecular flexibility index (Phi) is 3.58. The van der Waals surface area contributed by atoms with Gasteiger partial charge in [0.15, 0.2) is 5.65 Å². The number of fused-ring (bicyclic) bond motifs is 3. The van der Waals surface area contributed by atoms with Crippen LogP contribution in [-0.2, 0) is 17.9 Å². The van der Waals surface area contributed by atoms with E-state index >= 15 is 0 Å². The number of hydrogen-bond donors (Lipinski definition) is 1. The Morgan fingerprint density at radius 3 is 3.00 bits per heavy atom. The summed E-state index contributed by atoms with van der Waals surface area (Å²) in [5.74, 6) is 0.964. The van der Waals surface area contributed by atoms with Crippen LogP contribution in [0.25, 0.3) is 11.2 Å². The van der Waals surface area contributed by atoms with Crippen LogP contribution in [0.3, 0.4) is 0 Å². The summed E-state index contributed by atoms with van der Waals surface area (Å²) >= 11 is 0. The topological polar surface area (TPSA) is 52.0 Å². The van der Waals surface area contributed by atoms with Crippen molar-refractivity contribution in [3.05, 3.63) is 60.0 Å². The van der Waals surface area contributed by atoms with Crippen LogP contribution in [0, 0.1) is 0 Å². The maximum Gasteiger partial charge on any atom is 0.160 e. The van der Waals surface area contributed by atoms with Gasteiger partial charge < -0.3 is 14.6 Å². The van der Waals surface area contributed by atoms with E-state index in [1.54, 1.807) is 0 Å². The summed E-state index contributed by atoms with van der Waals surface area (Å²) < 4.78 is 7.91. The SMILES string of the molecule is c1ccc(CNC[C@H]2COCc3nc4cccnc4n32)cc1. The van der Waals surface area contributed by atoms with Gasteiger partial charge in [0.25, 0.3) is 0 Å². The normalized spacial score (nSPS) is 17.5. The summed E-state index contributed by atoms with van der Waals surface area (Å²) in [6, 6.07) is 14.6. The largest absolute Gasteiger partial charge is 0.371 e. The van der Waals surface area contributed by atoms with Gasteiger partial charge in [-0.2, -0.15) is 0 Å². The molecule has 1 aliphatic heterocycles.